The van der Waals surface area contributed by atoms with Gasteiger partial charge in [-0.05, 0) is 36.4 Å². The van der Waals surface area contributed by atoms with Crippen molar-refractivity contribution in [3.63, 3.8) is 0 Å². The fourth-order valence-electron chi connectivity index (χ4n) is 2.47. The zero-order valence-electron chi connectivity index (χ0n) is 12.1. The van der Waals surface area contributed by atoms with E-state index in [1.807, 2.05) is 30.3 Å². The lowest BCUT2D eigenvalue weighted by Gasteiger charge is -2.38. The van der Waals surface area contributed by atoms with Crippen LogP contribution in [0, 0.1) is 0 Å². The zero-order valence-corrected chi connectivity index (χ0v) is 14.5. The van der Waals surface area contributed by atoms with Crippen molar-refractivity contribution in [3.8, 4) is 0 Å². The molecule has 0 amide bonds. The quantitative estimate of drug-likeness (QED) is 0.633. The fourth-order valence-corrected chi connectivity index (χ4v) is 3.72. The molecule has 2 aromatic carbocycles. The number of hydrogen-bond donors (Lipinski definition) is 0. The van der Waals surface area contributed by atoms with E-state index in [1.165, 1.54) is 4.70 Å². The average molecular weight is 389 g/mol. The monoisotopic (exact) mass is 388 g/mol. The summed E-state index contributed by atoms with van der Waals surface area (Å²) >= 11 is 5.02. The third kappa shape index (κ3) is 2.96. The molecule has 1 aliphatic heterocycles. The molecule has 4 rings (SSSR count). The number of carbonyl (C=O) groups excluding carboxylic acids is 1. The number of rotatable bonds is 3. The van der Waals surface area contributed by atoms with Gasteiger partial charge in [-0.15, -0.1) is 0 Å². The highest BCUT2D eigenvalue weighted by Gasteiger charge is 2.32. The first-order valence-corrected chi connectivity index (χ1v) is 8.87. The van der Waals surface area contributed by atoms with E-state index in [0.717, 1.165) is 15.1 Å². The third-order valence-corrected chi connectivity index (χ3v) is 5.38. The summed E-state index contributed by atoms with van der Waals surface area (Å²) in [5.74, 6) is -0.272. The first kappa shape index (κ1) is 14.7. The average Bonchev–Trinajstić information content (AvgIpc) is 2.94. The highest BCUT2D eigenvalue weighted by atomic mass is 79.9. The summed E-state index contributed by atoms with van der Waals surface area (Å²) in [6, 6.07) is 15.3. The Morgan fingerprint density at radius 1 is 1.17 bits per heavy atom. The molecule has 1 aliphatic rings. The van der Waals surface area contributed by atoms with Gasteiger partial charge in [-0.1, -0.05) is 39.4 Å². The number of anilines is 1. The molecular formula is C17H13BrN2O2S. The Labute approximate surface area is 145 Å². The van der Waals surface area contributed by atoms with Crippen LogP contribution < -0.4 is 4.90 Å². The molecule has 23 heavy (non-hydrogen) atoms. The lowest BCUT2D eigenvalue weighted by atomic mass is 10.2. The standard InChI is InChI=1S/C17H13BrN2O2S/c18-12-7-5-11(6-8-12)16(21)22-13-9-20(10-13)17-19-14-3-1-2-4-15(14)23-17/h1-8,13H,9-10H2. The Kier molecular flexibility index (Phi) is 3.79. The number of nitrogens with zero attached hydrogens (tertiary/aromatic N) is 2. The van der Waals surface area contributed by atoms with Crippen LogP contribution in [-0.2, 0) is 4.74 Å². The number of ether oxygens (including phenoxy) is 1. The largest absolute Gasteiger partial charge is 0.455 e. The van der Waals surface area contributed by atoms with Crippen molar-refractivity contribution in [2.24, 2.45) is 0 Å². The minimum atomic E-state index is -0.272. The van der Waals surface area contributed by atoms with Crippen molar-refractivity contribution in [2.45, 2.75) is 6.10 Å². The molecule has 1 aromatic heterocycles. The fraction of sp³-hybridized carbons (Fsp3) is 0.176. The van der Waals surface area contributed by atoms with Gasteiger partial charge in [0.05, 0.1) is 28.9 Å². The van der Waals surface area contributed by atoms with E-state index < -0.39 is 0 Å². The van der Waals surface area contributed by atoms with Gasteiger partial charge in [-0.25, -0.2) is 9.78 Å². The maximum Gasteiger partial charge on any atom is 0.338 e. The number of halogens is 1. The molecule has 4 nitrogen and oxygen atoms in total. The Bertz CT molecular complexity index is 823. The van der Waals surface area contributed by atoms with Crippen LogP contribution in [0.5, 0.6) is 0 Å². The molecule has 0 spiro atoms. The van der Waals surface area contributed by atoms with Gasteiger partial charge in [0.2, 0.25) is 0 Å². The Balaban J connectivity index is 1.37. The van der Waals surface area contributed by atoms with Crippen molar-refractivity contribution >= 4 is 48.6 Å². The Hall–Kier alpha value is -1.92. The van der Waals surface area contributed by atoms with E-state index in [1.54, 1.807) is 23.5 Å². The number of para-hydroxylation sites is 1. The molecule has 0 N–H and O–H groups in total. The predicted molar refractivity (Wildman–Crippen MR) is 95.2 cm³/mol. The Morgan fingerprint density at radius 2 is 1.91 bits per heavy atom. The molecule has 6 heteroatoms. The molecule has 1 fully saturated rings. The van der Waals surface area contributed by atoms with Crippen molar-refractivity contribution in [2.75, 3.05) is 18.0 Å². The second kappa shape index (κ2) is 5.94. The minimum absolute atomic E-state index is 0.0711. The lowest BCUT2D eigenvalue weighted by molar-refractivity contribution is 0.0234. The van der Waals surface area contributed by atoms with Crippen LogP contribution in [0.3, 0.4) is 0 Å². The lowest BCUT2D eigenvalue weighted by Crippen LogP contribution is -2.53. The van der Waals surface area contributed by atoms with Gasteiger partial charge in [0, 0.05) is 4.47 Å². The first-order valence-electron chi connectivity index (χ1n) is 7.26. The summed E-state index contributed by atoms with van der Waals surface area (Å²) in [7, 11) is 0. The summed E-state index contributed by atoms with van der Waals surface area (Å²) in [6.07, 6.45) is -0.0711. The second-order valence-electron chi connectivity index (χ2n) is 5.40. The molecule has 0 aliphatic carbocycles. The number of thiazole rings is 1. The number of fused-ring (bicyclic) bond motifs is 1. The summed E-state index contributed by atoms with van der Waals surface area (Å²) in [5, 5.41) is 0.988. The summed E-state index contributed by atoms with van der Waals surface area (Å²) < 4.78 is 7.64. The highest BCUT2D eigenvalue weighted by molar-refractivity contribution is 9.10. The number of benzene rings is 2. The molecule has 2 heterocycles. The van der Waals surface area contributed by atoms with Crippen LogP contribution in [-0.4, -0.2) is 30.1 Å². The number of hydrogen-bond acceptors (Lipinski definition) is 5. The van der Waals surface area contributed by atoms with Gasteiger partial charge < -0.3 is 9.64 Å². The minimum Gasteiger partial charge on any atom is -0.455 e. The van der Waals surface area contributed by atoms with Gasteiger partial charge >= 0.3 is 5.97 Å². The van der Waals surface area contributed by atoms with E-state index >= 15 is 0 Å². The zero-order chi connectivity index (χ0) is 15.8. The van der Waals surface area contributed by atoms with Gasteiger partial charge in [0.25, 0.3) is 0 Å². The van der Waals surface area contributed by atoms with Crippen molar-refractivity contribution in [3.05, 3.63) is 58.6 Å². The van der Waals surface area contributed by atoms with E-state index in [0.29, 0.717) is 18.7 Å². The van der Waals surface area contributed by atoms with Crippen LogP contribution in [0.15, 0.2) is 53.0 Å². The molecule has 0 atom stereocenters. The normalized spacial score (nSPS) is 14.7. The van der Waals surface area contributed by atoms with E-state index in [2.05, 4.69) is 31.9 Å². The van der Waals surface area contributed by atoms with Crippen LogP contribution in [0.4, 0.5) is 5.13 Å². The Morgan fingerprint density at radius 3 is 2.65 bits per heavy atom. The van der Waals surface area contributed by atoms with Crippen molar-refractivity contribution in [1.82, 2.24) is 4.98 Å². The van der Waals surface area contributed by atoms with Gasteiger partial charge in [0.1, 0.15) is 6.10 Å². The molecular weight excluding hydrogens is 376 g/mol. The molecule has 0 radical (unpaired) electrons. The van der Waals surface area contributed by atoms with E-state index in [9.17, 15) is 4.79 Å². The first-order chi connectivity index (χ1) is 11.2. The van der Waals surface area contributed by atoms with Gasteiger partial charge in [-0.2, -0.15) is 0 Å². The number of carbonyl (C=O) groups is 1. The highest BCUT2D eigenvalue weighted by Crippen LogP contribution is 2.31. The molecule has 116 valence electrons. The maximum absolute atomic E-state index is 12.1. The van der Waals surface area contributed by atoms with Gasteiger partial charge in [-0.3, -0.25) is 0 Å². The van der Waals surface area contributed by atoms with E-state index in [4.69, 9.17) is 4.74 Å². The molecule has 0 saturated carbocycles. The summed E-state index contributed by atoms with van der Waals surface area (Å²) in [4.78, 5) is 18.8. The van der Waals surface area contributed by atoms with E-state index in [-0.39, 0.29) is 12.1 Å². The molecule has 1 saturated heterocycles. The van der Waals surface area contributed by atoms with Crippen molar-refractivity contribution in [1.29, 1.82) is 0 Å². The third-order valence-electron chi connectivity index (χ3n) is 3.75. The SMILES string of the molecule is O=C(OC1CN(c2nc3ccccc3s2)C1)c1ccc(Br)cc1. The van der Waals surface area contributed by atoms with Crippen LogP contribution in [0.2, 0.25) is 0 Å². The topological polar surface area (TPSA) is 42.4 Å². The second-order valence-corrected chi connectivity index (χ2v) is 7.33. The molecule has 0 unspecified atom stereocenters. The maximum atomic E-state index is 12.1. The van der Waals surface area contributed by atoms with Crippen molar-refractivity contribution < 1.29 is 9.53 Å². The summed E-state index contributed by atoms with van der Waals surface area (Å²) in [6.45, 7) is 1.39. The number of aromatic nitrogens is 1. The number of esters is 1. The molecule has 0 bridgehead atoms. The predicted octanol–water partition coefficient (Wildman–Crippen LogP) is 4.10. The van der Waals surface area contributed by atoms with Crippen LogP contribution in [0.1, 0.15) is 10.4 Å². The van der Waals surface area contributed by atoms with Gasteiger partial charge in [0.15, 0.2) is 5.13 Å². The van der Waals surface area contributed by atoms with Crippen LogP contribution in [0.25, 0.3) is 10.2 Å². The smallest absolute Gasteiger partial charge is 0.338 e. The summed E-state index contributed by atoms with van der Waals surface area (Å²) in [5.41, 5.74) is 1.59. The van der Waals surface area contributed by atoms with Crippen LogP contribution >= 0.6 is 27.3 Å². The molecule has 3 aromatic rings.